The van der Waals surface area contributed by atoms with Crippen molar-refractivity contribution in [2.45, 2.75) is 17.7 Å². The number of hydrogen-bond acceptors (Lipinski definition) is 3. The molecule has 2 aromatic carbocycles. The van der Waals surface area contributed by atoms with Gasteiger partial charge in [0.15, 0.2) is 11.6 Å². The third-order valence-corrected chi connectivity index (χ3v) is 4.31. The maximum atomic E-state index is 13.6. The normalized spacial score (nSPS) is 10.3. The molecule has 0 saturated carbocycles. The van der Waals surface area contributed by atoms with Gasteiger partial charge in [-0.25, -0.2) is 4.39 Å². The van der Waals surface area contributed by atoms with Crippen LogP contribution in [-0.2, 0) is 11.2 Å². The number of amides is 1. The largest absolute Gasteiger partial charge is 0.494 e. The third-order valence-electron chi connectivity index (χ3n) is 3.29. The summed E-state index contributed by atoms with van der Waals surface area (Å²) in [5.74, 6) is 0.628. The van der Waals surface area contributed by atoms with Crippen LogP contribution in [0.4, 0.5) is 4.39 Å². The van der Waals surface area contributed by atoms with Gasteiger partial charge in [0, 0.05) is 23.6 Å². The number of carbonyl (C=O) groups is 1. The standard InChI is InChI=1S/C18H20FNO2S/c1-22-17-9-7-14(13-16(17)19)8-10-18(21)20-11-12-23-15-5-3-2-4-6-15/h2-7,9,13H,8,10-12H2,1H3,(H,20,21). The van der Waals surface area contributed by atoms with Gasteiger partial charge in [-0.05, 0) is 36.2 Å². The Morgan fingerprint density at radius 3 is 2.70 bits per heavy atom. The van der Waals surface area contributed by atoms with Gasteiger partial charge in [-0.2, -0.15) is 0 Å². The monoisotopic (exact) mass is 333 g/mol. The summed E-state index contributed by atoms with van der Waals surface area (Å²) < 4.78 is 18.4. The van der Waals surface area contributed by atoms with Crippen LogP contribution in [0.2, 0.25) is 0 Å². The van der Waals surface area contributed by atoms with Crippen molar-refractivity contribution >= 4 is 17.7 Å². The van der Waals surface area contributed by atoms with Crippen molar-refractivity contribution in [1.82, 2.24) is 5.32 Å². The Balaban J connectivity index is 1.66. The van der Waals surface area contributed by atoms with Gasteiger partial charge < -0.3 is 10.1 Å². The molecule has 3 nitrogen and oxygen atoms in total. The Kier molecular flexibility index (Phi) is 6.94. The van der Waals surface area contributed by atoms with Crippen LogP contribution >= 0.6 is 11.8 Å². The summed E-state index contributed by atoms with van der Waals surface area (Å²) >= 11 is 1.70. The Morgan fingerprint density at radius 1 is 1.22 bits per heavy atom. The molecule has 0 aliphatic heterocycles. The van der Waals surface area contributed by atoms with E-state index in [2.05, 4.69) is 5.32 Å². The highest BCUT2D eigenvalue weighted by atomic mass is 32.2. The van der Waals surface area contributed by atoms with Crippen LogP contribution in [0.1, 0.15) is 12.0 Å². The maximum absolute atomic E-state index is 13.6. The number of aryl methyl sites for hydroxylation is 1. The van der Waals surface area contributed by atoms with Gasteiger partial charge in [-0.3, -0.25) is 4.79 Å². The number of methoxy groups -OCH3 is 1. The molecule has 0 aliphatic rings. The Labute approximate surface area is 140 Å². The number of nitrogens with one attached hydrogen (secondary N) is 1. The summed E-state index contributed by atoms with van der Waals surface area (Å²) in [5.41, 5.74) is 0.789. The fraction of sp³-hybridized carbons (Fsp3) is 0.278. The second-order valence-electron chi connectivity index (χ2n) is 4.98. The zero-order chi connectivity index (χ0) is 16.5. The van der Waals surface area contributed by atoms with Crippen molar-refractivity contribution in [3.63, 3.8) is 0 Å². The van der Waals surface area contributed by atoms with Crippen molar-refractivity contribution in [2.24, 2.45) is 0 Å². The van der Waals surface area contributed by atoms with E-state index in [0.717, 1.165) is 11.3 Å². The lowest BCUT2D eigenvalue weighted by atomic mass is 10.1. The van der Waals surface area contributed by atoms with Crippen LogP contribution < -0.4 is 10.1 Å². The molecule has 0 saturated heterocycles. The smallest absolute Gasteiger partial charge is 0.220 e. The molecule has 0 unspecified atom stereocenters. The van der Waals surface area contributed by atoms with Crippen molar-refractivity contribution in [3.05, 3.63) is 59.9 Å². The fourth-order valence-corrected chi connectivity index (χ4v) is 2.88. The summed E-state index contributed by atoms with van der Waals surface area (Å²) in [6.07, 6.45) is 0.861. The van der Waals surface area contributed by atoms with E-state index in [1.165, 1.54) is 18.1 Å². The average molecular weight is 333 g/mol. The van der Waals surface area contributed by atoms with E-state index in [9.17, 15) is 9.18 Å². The Morgan fingerprint density at radius 2 is 2.00 bits per heavy atom. The first-order chi connectivity index (χ1) is 11.2. The number of ether oxygens (including phenoxy) is 1. The molecule has 2 aromatic rings. The van der Waals surface area contributed by atoms with Crippen LogP contribution in [-0.4, -0.2) is 25.3 Å². The molecule has 1 amide bonds. The number of thioether (sulfide) groups is 1. The number of hydrogen-bond donors (Lipinski definition) is 1. The maximum Gasteiger partial charge on any atom is 0.220 e. The summed E-state index contributed by atoms with van der Waals surface area (Å²) in [4.78, 5) is 13.0. The van der Waals surface area contributed by atoms with Gasteiger partial charge in [-0.15, -0.1) is 11.8 Å². The van der Waals surface area contributed by atoms with Crippen molar-refractivity contribution in [2.75, 3.05) is 19.4 Å². The average Bonchev–Trinajstić information content (AvgIpc) is 2.58. The third kappa shape index (κ3) is 5.94. The molecule has 0 aliphatic carbocycles. The van der Waals surface area contributed by atoms with Crippen molar-refractivity contribution in [3.8, 4) is 5.75 Å². The molecule has 23 heavy (non-hydrogen) atoms. The van der Waals surface area contributed by atoms with Gasteiger partial charge in [0.05, 0.1) is 7.11 Å². The molecule has 0 aromatic heterocycles. The molecular weight excluding hydrogens is 313 g/mol. The van der Waals surface area contributed by atoms with Crippen LogP contribution in [0, 0.1) is 5.82 Å². The van der Waals surface area contributed by atoms with E-state index in [-0.39, 0.29) is 11.7 Å². The van der Waals surface area contributed by atoms with Crippen LogP contribution in [0.15, 0.2) is 53.4 Å². The summed E-state index contributed by atoms with van der Waals surface area (Å²) in [6, 6.07) is 14.8. The van der Waals surface area contributed by atoms with Crippen molar-refractivity contribution in [1.29, 1.82) is 0 Å². The Bertz CT molecular complexity index is 634. The number of carbonyl (C=O) groups excluding carboxylic acids is 1. The fourth-order valence-electron chi connectivity index (χ4n) is 2.09. The topological polar surface area (TPSA) is 38.3 Å². The number of rotatable bonds is 8. The first-order valence-corrected chi connectivity index (χ1v) is 8.44. The lowest BCUT2D eigenvalue weighted by Gasteiger charge is -2.07. The lowest BCUT2D eigenvalue weighted by Crippen LogP contribution is -2.25. The summed E-state index contributed by atoms with van der Waals surface area (Å²) in [7, 11) is 1.43. The van der Waals surface area contributed by atoms with Gasteiger partial charge in [0.2, 0.25) is 5.91 Å². The quantitative estimate of drug-likeness (QED) is 0.592. The molecule has 0 atom stereocenters. The number of benzene rings is 2. The molecule has 0 bridgehead atoms. The summed E-state index contributed by atoms with van der Waals surface area (Å²) in [6.45, 7) is 0.620. The highest BCUT2D eigenvalue weighted by Crippen LogP contribution is 2.18. The summed E-state index contributed by atoms with van der Waals surface area (Å²) in [5, 5.41) is 2.88. The minimum absolute atomic E-state index is 0.0186. The Hall–Kier alpha value is -2.01. The highest BCUT2D eigenvalue weighted by Gasteiger charge is 2.06. The lowest BCUT2D eigenvalue weighted by molar-refractivity contribution is -0.120. The highest BCUT2D eigenvalue weighted by molar-refractivity contribution is 7.99. The van der Waals surface area contributed by atoms with Gasteiger partial charge in [0.1, 0.15) is 0 Å². The molecule has 5 heteroatoms. The minimum atomic E-state index is -0.398. The molecule has 0 fully saturated rings. The van der Waals surface area contributed by atoms with Crippen LogP contribution in [0.3, 0.4) is 0 Å². The molecule has 122 valence electrons. The predicted octanol–water partition coefficient (Wildman–Crippen LogP) is 3.68. The van der Waals surface area contributed by atoms with Gasteiger partial charge in [0.25, 0.3) is 0 Å². The molecule has 2 rings (SSSR count). The number of halogens is 1. The molecule has 1 N–H and O–H groups in total. The predicted molar refractivity (Wildman–Crippen MR) is 91.4 cm³/mol. The first-order valence-electron chi connectivity index (χ1n) is 7.46. The zero-order valence-corrected chi connectivity index (χ0v) is 13.9. The van der Waals surface area contributed by atoms with E-state index in [1.54, 1.807) is 23.9 Å². The molecule has 0 radical (unpaired) electrons. The second kappa shape index (κ2) is 9.20. The van der Waals surface area contributed by atoms with Crippen LogP contribution in [0.25, 0.3) is 0 Å². The first kappa shape index (κ1) is 17.3. The van der Waals surface area contributed by atoms with E-state index in [1.807, 2.05) is 30.3 Å². The molecule has 0 heterocycles. The van der Waals surface area contributed by atoms with E-state index in [0.29, 0.717) is 19.4 Å². The van der Waals surface area contributed by atoms with Crippen molar-refractivity contribution < 1.29 is 13.9 Å². The van der Waals surface area contributed by atoms with Gasteiger partial charge >= 0.3 is 0 Å². The van der Waals surface area contributed by atoms with E-state index in [4.69, 9.17) is 4.74 Å². The van der Waals surface area contributed by atoms with E-state index >= 15 is 0 Å². The van der Waals surface area contributed by atoms with Gasteiger partial charge in [-0.1, -0.05) is 24.3 Å². The second-order valence-corrected chi connectivity index (χ2v) is 6.15. The zero-order valence-electron chi connectivity index (χ0n) is 13.0. The van der Waals surface area contributed by atoms with E-state index < -0.39 is 5.82 Å². The molecule has 0 spiro atoms. The minimum Gasteiger partial charge on any atom is -0.494 e. The van der Waals surface area contributed by atoms with Crippen LogP contribution in [0.5, 0.6) is 5.75 Å². The SMILES string of the molecule is COc1ccc(CCC(=O)NCCSc2ccccc2)cc1F. The molecular formula is C18H20FNO2S.